The van der Waals surface area contributed by atoms with Gasteiger partial charge in [-0.15, -0.1) is 16.4 Å². The van der Waals surface area contributed by atoms with Gasteiger partial charge in [0.2, 0.25) is 4.96 Å². The first-order valence-corrected chi connectivity index (χ1v) is 8.89. The van der Waals surface area contributed by atoms with E-state index in [-0.39, 0.29) is 11.9 Å². The molecule has 1 N–H and O–H groups in total. The number of aryl methyl sites for hydroxylation is 1. The Bertz CT molecular complexity index is 1070. The number of nitrogens with one attached hydrogen (secondary N) is 1. The minimum Gasteiger partial charge on any atom is -0.497 e. The average molecular weight is 364 g/mol. The molecule has 0 radical (unpaired) electrons. The standard InChI is InChI=1S/C19H16N4O2S/c1-12-3-5-13(6-4-12)16-11-26-19-21-18(22-23(16)19)20-17(24)14-7-9-15(25-2)10-8-14/h3-11H,1-2H3,(H,20,22,24). The molecule has 2 aromatic carbocycles. The molecule has 2 aromatic heterocycles. The van der Waals surface area contributed by atoms with Gasteiger partial charge in [-0.3, -0.25) is 10.1 Å². The lowest BCUT2D eigenvalue weighted by Crippen LogP contribution is -2.13. The van der Waals surface area contributed by atoms with Gasteiger partial charge >= 0.3 is 0 Å². The molecule has 0 aliphatic heterocycles. The number of aromatic nitrogens is 3. The molecule has 0 saturated heterocycles. The van der Waals surface area contributed by atoms with E-state index >= 15 is 0 Å². The van der Waals surface area contributed by atoms with Crippen LogP contribution < -0.4 is 10.1 Å². The molecule has 0 aliphatic carbocycles. The molecule has 7 heteroatoms. The van der Waals surface area contributed by atoms with E-state index in [1.54, 1.807) is 35.9 Å². The normalized spacial score (nSPS) is 10.8. The molecule has 26 heavy (non-hydrogen) atoms. The summed E-state index contributed by atoms with van der Waals surface area (Å²) >= 11 is 1.48. The summed E-state index contributed by atoms with van der Waals surface area (Å²) in [5, 5.41) is 9.18. The summed E-state index contributed by atoms with van der Waals surface area (Å²) in [4.78, 5) is 17.5. The zero-order valence-corrected chi connectivity index (χ0v) is 15.1. The maximum atomic E-state index is 12.4. The van der Waals surface area contributed by atoms with Crippen LogP contribution in [0.5, 0.6) is 5.75 Å². The summed E-state index contributed by atoms with van der Waals surface area (Å²) in [7, 11) is 1.59. The quantitative estimate of drug-likeness (QED) is 0.594. The molecule has 6 nitrogen and oxygen atoms in total. The molecule has 0 spiro atoms. The Balaban J connectivity index is 1.59. The van der Waals surface area contributed by atoms with Crippen LogP contribution in [0.2, 0.25) is 0 Å². The van der Waals surface area contributed by atoms with E-state index in [9.17, 15) is 4.79 Å². The molecule has 0 saturated carbocycles. The predicted molar refractivity (Wildman–Crippen MR) is 102 cm³/mol. The van der Waals surface area contributed by atoms with Crippen LogP contribution in [-0.2, 0) is 0 Å². The third-order valence-corrected chi connectivity index (χ3v) is 4.82. The third kappa shape index (κ3) is 3.04. The van der Waals surface area contributed by atoms with Crippen molar-refractivity contribution in [1.82, 2.24) is 14.6 Å². The summed E-state index contributed by atoms with van der Waals surface area (Å²) < 4.78 is 6.85. The Hall–Kier alpha value is -3.19. The van der Waals surface area contributed by atoms with Crippen molar-refractivity contribution in [2.24, 2.45) is 0 Å². The van der Waals surface area contributed by atoms with E-state index in [1.165, 1.54) is 16.9 Å². The van der Waals surface area contributed by atoms with Gasteiger partial charge in [0.15, 0.2) is 0 Å². The number of fused-ring (bicyclic) bond motifs is 1. The van der Waals surface area contributed by atoms with E-state index in [0.29, 0.717) is 11.3 Å². The highest BCUT2D eigenvalue weighted by Crippen LogP contribution is 2.26. The Morgan fingerprint density at radius 1 is 1.12 bits per heavy atom. The number of amides is 1. The van der Waals surface area contributed by atoms with Crippen LogP contribution in [0.1, 0.15) is 15.9 Å². The number of thiazole rings is 1. The van der Waals surface area contributed by atoms with Gasteiger partial charge < -0.3 is 4.74 Å². The molecule has 4 rings (SSSR count). The van der Waals surface area contributed by atoms with Gasteiger partial charge in [-0.05, 0) is 31.2 Å². The van der Waals surface area contributed by atoms with Crippen LogP contribution in [0.4, 0.5) is 5.95 Å². The lowest BCUT2D eigenvalue weighted by Gasteiger charge is -2.03. The van der Waals surface area contributed by atoms with Crippen molar-refractivity contribution in [3.63, 3.8) is 0 Å². The van der Waals surface area contributed by atoms with Crippen LogP contribution in [0.3, 0.4) is 0 Å². The van der Waals surface area contributed by atoms with E-state index in [1.807, 2.05) is 17.5 Å². The minimum absolute atomic E-state index is 0.261. The zero-order chi connectivity index (χ0) is 18.1. The molecule has 1 amide bonds. The lowest BCUT2D eigenvalue weighted by atomic mass is 10.1. The summed E-state index contributed by atoms with van der Waals surface area (Å²) in [6, 6.07) is 15.1. The van der Waals surface area contributed by atoms with Gasteiger partial charge in [-0.25, -0.2) is 4.52 Å². The molecule has 0 fully saturated rings. The van der Waals surface area contributed by atoms with Gasteiger partial charge in [-0.2, -0.15) is 4.98 Å². The molecule has 130 valence electrons. The second-order valence-corrected chi connectivity index (χ2v) is 6.64. The molecule has 0 atom stereocenters. The first kappa shape index (κ1) is 16.3. The van der Waals surface area contributed by atoms with Crippen LogP contribution in [-0.4, -0.2) is 27.6 Å². The number of methoxy groups -OCH3 is 1. The number of ether oxygens (including phenoxy) is 1. The largest absolute Gasteiger partial charge is 0.497 e. The highest BCUT2D eigenvalue weighted by molar-refractivity contribution is 7.15. The summed E-state index contributed by atoms with van der Waals surface area (Å²) in [6.07, 6.45) is 0. The fourth-order valence-electron chi connectivity index (χ4n) is 2.57. The van der Waals surface area contributed by atoms with E-state index < -0.39 is 0 Å². The van der Waals surface area contributed by atoms with Crippen LogP contribution >= 0.6 is 11.3 Å². The molecular weight excluding hydrogens is 348 g/mol. The third-order valence-electron chi connectivity index (χ3n) is 4.01. The number of hydrogen-bond acceptors (Lipinski definition) is 5. The number of carbonyl (C=O) groups is 1. The van der Waals surface area contributed by atoms with Crippen molar-refractivity contribution in [3.05, 3.63) is 65.0 Å². The second-order valence-electron chi connectivity index (χ2n) is 5.80. The lowest BCUT2D eigenvalue weighted by molar-refractivity contribution is 0.102. The monoisotopic (exact) mass is 364 g/mol. The molecule has 4 aromatic rings. The van der Waals surface area contributed by atoms with E-state index in [4.69, 9.17) is 4.74 Å². The van der Waals surface area contributed by atoms with E-state index in [0.717, 1.165) is 16.2 Å². The molecule has 0 bridgehead atoms. The number of hydrogen-bond donors (Lipinski definition) is 1. The van der Waals surface area contributed by atoms with Crippen molar-refractivity contribution in [2.75, 3.05) is 12.4 Å². The van der Waals surface area contributed by atoms with Crippen LogP contribution in [0.15, 0.2) is 53.9 Å². The summed E-state index contributed by atoms with van der Waals surface area (Å²) in [5.74, 6) is 0.721. The fraction of sp³-hybridized carbons (Fsp3) is 0.105. The van der Waals surface area contributed by atoms with Gasteiger partial charge in [0.1, 0.15) is 5.75 Å². The zero-order valence-electron chi connectivity index (χ0n) is 14.3. The van der Waals surface area contributed by atoms with Gasteiger partial charge in [-0.1, -0.05) is 29.8 Å². The predicted octanol–water partition coefficient (Wildman–Crippen LogP) is 4.03. The number of benzene rings is 2. The fourth-order valence-corrected chi connectivity index (χ4v) is 3.40. The van der Waals surface area contributed by atoms with Crippen molar-refractivity contribution in [2.45, 2.75) is 6.92 Å². The highest BCUT2D eigenvalue weighted by atomic mass is 32.1. The maximum Gasteiger partial charge on any atom is 0.258 e. The SMILES string of the molecule is COc1ccc(C(=O)Nc2nc3scc(-c4ccc(C)cc4)n3n2)cc1. The summed E-state index contributed by atoms with van der Waals surface area (Å²) in [6.45, 7) is 2.05. The van der Waals surface area contributed by atoms with Crippen LogP contribution in [0.25, 0.3) is 16.2 Å². The first-order chi connectivity index (χ1) is 12.6. The number of anilines is 1. The maximum absolute atomic E-state index is 12.4. The van der Waals surface area contributed by atoms with Crippen LogP contribution in [0, 0.1) is 6.92 Å². The number of carbonyl (C=O) groups excluding carboxylic acids is 1. The Labute approximate surface area is 154 Å². The Kier molecular flexibility index (Phi) is 4.14. The average Bonchev–Trinajstić information content (AvgIpc) is 3.22. The van der Waals surface area contributed by atoms with Crippen molar-refractivity contribution in [1.29, 1.82) is 0 Å². The number of rotatable bonds is 4. The number of nitrogens with zero attached hydrogens (tertiary/aromatic N) is 3. The van der Waals surface area contributed by atoms with Gasteiger partial charge in [0.25, 0.3) is 11.9 Å². The molecule has 0 unspecified atom stereocenters. The second kappa shape index (κ2) is 6.61. The Morgan fingerprint density at radius 2 is 1.85 bits per heavy atom. The topological polar surface area (TPSA) is 68.5 Å². The molecule has 2 heterocycles. The first-order valence-electron chi connectivity index (χ1n) is 8.01. The minimum atomic E-state index is -0.261. The van der Waals surface area contributed by atoms with Crippen molar-refractivity contribution >= 4 is 28.2 Å². The highest BCUT2D eigenvalue weighted by Gasteiger charge is 2.14. The van der Waals surface area contributed by atoms with Crippen molar-refractivity contribution in [3.8, 4) is 17.0 Å². The van der Waals surface area contributed by atoms with E-state index in [2.05, 4.69) is 34.5 Å². The van der Waals surface area contributed by atoms with Gasteiger partial charge in [0, 0.05) is 16.5 Å². The molecule has 0 aliphatic rings. The van der Waals surface area contributed by atoms with Crippen molar-refractivity contribution < 1.29 is 9.53 Å². The smallest absolute Gasteiger partial charge is 0.258 e. The molecular formula is C19H16N4O2S. The summed E-state index contributed by atoms with van der Waals surface area (Å²) in [5.41, 5.74) is 3.72. The van der Waals surface area contributed by atoms with Gasteiger partial charge in [0.05, 0.1) is 12.8 Å². The Morgan fingerprint density at radius 3 is 2.54 bits per heavy atom.